The van der Waals surface area contributed by atoms with Crippen LogP contribution in [0.2, 0.25) is 0 Å². The second-order valence-electron chi connectivity index (χ2n) is 6.20. The number of nitrogens with zero attached hydrogens (tertiary/aromatic N) is 1. The molecule has 4 heteroatoms. The van der Waals surface area contributed by atoms with E-state index in [1.54, 1.807) is 0 Å². The minimum Gasteiger partial charge on any atom is -0.481 e. The quantitative estimate of drug-likeness (QED) is 0.821. The van der Waals surface area contributed by atoms with Gasteiger partial charge in [-0.15, -0.1) is 0 Å². The lowest BCUT2D eigenvalue weighted by molar-refractivity contribution is -0.154. The molecule has 1 N–H and O–H groups in total. The molecule has 0 aromatic heterocycles. The molecule has 4 nitrogen and oxygen atoms in total. The zero-order valence-electron chi connectivity index (χ0n) is 12.0. The average molecular weight is 255 g/mol. The first-order valence-corrected chi connectivity index (χ1v) is 6.77. The van der Waals surface area contributed by atoms with Crippen LogP contribution in [-0.4, -0.2) is 35.0 Å². The Morgan fingerprint density at radius 3 is 2.17 bits per heavy atom. The number of aliphatic carboxylic acids is 1. The number of amides is 1. The van der Waals surface area contributed by atoms with Crippen LogP contribution in [0.3, 0.4) is 0 Å². The fourth-order valence-corrected chi connectivity index (χ4v) is 2.60. The van der Waals surface area contributed by atoms with Crippen molar-refractivity contribution in [2.24, 2.45) is 10.8 Å². The molecule has 0 atom stereocenters. The number of carboxylic acid groups (broad SMARTS) is 1. The molecule has 1 aliphatic rings. The Balaban J connectivity index is 2.72. The number of hydrogen-bond acceptors (Lipinski definition) is 2. The number of likely N-dealkylation sites (tertiary alicyclic amines) is 1. The smallest absolute Gasteiger partial charge is 0.310 e. The topological polar surface area (TPSA) is 57.6 Å². The van der Waals surface area contributed by atoms with Crippen LogP contribution in [0.4, 0.5) is 0 Å². The lowest BCUT2D eigenvalue weighted by Crippen LogP contribution is -2.39. The molecule has 1 saturated heterocycles. The molecule has 1 rings (SSSR count). The average Bonchev–Trinajstić information content (AvgIpc) is 2.66. The molecule has 0 bridgehead atoms. The van der Waals surface area contributed by atoms with Gasteiger partial charge in [-0.1, -0.05) is 27.7 Å². The van der Waals surface area contributed by atoms with E-state index in [1.165, 1.54) is 0 Å². The van der Waals surface area contributed by atoms with E-state index in [0.717, 1.165) is 19.5 Å². The van der Waals surface area contributed by atoms with Crippen LogP contribution < -0.4 is 0 Å². The number of rotatable bonds is 5. The summed E-state index contributed by atoms with van der Waals surface area (Å²) < 4.78 is 0. The van der Waals surface area contributed by atoms with E-state index in [4.69, 9.17) is 0 Å². The van der Waals surface area contributed by atoms with Crippen molar-refractivity contribution in [2.45, 2.75) is 53.4 Å². The summed E-state index contributed by atoms with van der Waals surface area (Å²) in [6.45, 7) is 9.48. The van der Waals surface area contributed by atoms with Gasteiger partial charge in [0.25, 0.3) is 0 Å². The van der Waals surface area contributed by atoms with Gasteiger partial charge in [-0.2, -0.15) is 0 Å². The summed E-state index contributed by atoms with van der Waals surface area (Å²) in [6.07, 6.45) is 2.13. The van der Waals surface area contributed by atoms with E-state index >= 15 is 0 Å². The standard InChI is InChI=1S/C14H25NO3/c1-5-14(6-2,12(17)18)9-11(16)15-8-7-13(3,4)10-15/h5-10H2,1-4H3,(H,17,18). The van der Waals surface area contributed by atoms with Crippen LogP contribution in [0.5, 0.6) is 0 Å². The van der Waals surface area contributed by atoms with Crippen molar-refractivity contribution >= 4 is 11.9 Å². The van der Waals surface area contributed by atoms with E-state index in [2.05, 4.69) is 13.8 Å². The third kappa shape index (κ3) is 3.03. The van der Waals surface area contributed by atoms with Crippen molar-refractivity contribution in [3.63, 3.8) is 0 Å². The maximum absolute atomic E-state index is 12.2. The molecule has 0 aromatic carbocycles. The predicted molar refractivity (Wildman–Crippen MR) is 70.2 cm³/mol. The Morgan fingerprint density at radius 1 is 1.28 bits per heavy atom. The summed E-state index contributed by atoms with van der Waals surface area (Å²) in [5, 5.41) is 9.35. The molecule has 0 aromatic rings. The highest BCUT2D eigenvalue weighted by atomic mass is 16.4. The molecule has 0 unspecified atom stereocenters. The summed E-state index contributed by atoms with van der Waals surface area (Å²) in [5.41, 5.74) is -0.718. The fraction of sp³-hybridized carbons (Fsp3) is 0.857. The highest BCUT2D eigenvalue weighted by Crippen LogP contribution is 2.34. The highest BCUT2D eigenvalue weighted by molar-refractivity contribution is 5.85. The molecule has 0 aliphatic carbocycles. The monoisotopic (exact) mass is 255 g/mol. The van der Waals surface area contributed by atoms with Gasteiger partial charge in [-0.05, 0) is 24.7 Å². The van der Waals surface area contributed by atoms with Crippen LogP contribution in [0, 0.1) is 10.8 Å². The number of hydrogen-bond donors (Lipinski definition) is 1. The minimum atomic E-state index is -0.885. The lowest BCUT2D eigenvalue weighted by atomic mass is 9.79. The van der Waals surface area contributed by atoms with E-state index < -0.39 is 11.4 Å². The third-order valence-electron chi connectivity index (χ3n) is 4.33. The molecule has 1 heterocycles. The van der Waals surface area contributed by atoms with E-state index in [9.17, 15) is 14.7 Å². The van der Waals surface area contributed by atoms with Crippen LogP contribution >= 0.6 is 0 Å². The molecule has 0 saturated carbocycles. The molecule has 0 spiro atoms. The number of carboxylic acids is 1. The van der Waals surface area contributed by atoms with Gasteiger partial charge in [0.2, 0.25) is 5.91 Å². The van der Waals surface area contributed by atoms with Gasteiger partial charge in [0.05, 0.1) is 5.41 Å². The van der Waals surface area contributed by atoms with Crippen molar-refractivity contribution in [3.05, 3.63) is 0 Å². The van der Waals surface area contributed by atoms with Gasteiger partial charge in [-0.25, -0.2) is 0 Å². The zero-order valence-corrected chi connectivity index (χ0v) is 12.0. The Kier molecular flexibility index (Phi) is 4.41. The summed E-state index contributed by atoms with van der Waals surface area (Å²) in [7, 11) is 0. The first-order chi connectivity index (χ1) is 8.26. The maximum Gasteiger partial charge on any atom is 0.310 e. The lowest BCUT2D eigenvalue weighted by Gasteiger charge is -2.29. The molecule has 18 heavy (non-hydrogen) atoms. The maximum atomic E-state index is 12.2. The van der Waals surface area contributed by atoms with Crippen molar-refractivity contribution in [1.29, 1.82) is 0 Å². The van der Waals surface area contributed by atoms with Crippen LogP contribution in [-0.2, 0) is 9.59 Å². The van der Waals surface area contributed by atoms with Gasteiger partial charge < -0.3 is 10.0 Å². The molecular weight excluding hydrogens is 230 g/mol. The molecule has 1 aliphatic heterocycles. The van der Waals surface area contributed by atoms with Crippen molar-refractivity contribution < 1.29 is 14.7 Å². The van der Waals surface area contributed by atoms with Gasteiger partial charge >= 0.3 is 5.97 Å². The Labute approximate surface area is 109 Å². The molecule has 104 valence electrons. The molecular formula is C14H25NO3. The first kappa shape index (κ1) is 15.0. The zero-order chi connectivity index (χ0) is 14.0. The molecule has 0 radical (unpaired) electrons. The third-order valence-corrected chi connectivity index (χ3v) is 4.33. The van der Waals surface area contributed by atoms with Crippen LogP contribution in [0.15, 0.2) is 0 Å². The van der Waals surface area contributed by atoms with Gasteiger partial charge in [-0.3, -0.25) is 9.59 Å². The van der Waals surface area contributed by atoms with Crippen molar-refractivity contribution in [2.75, 3.05) is 13.1 Å². The predicted octanol–water partition coefficient (Wildman–Crippen LogP) is 2.53. The van der Waals surface area contributed by atoms with Gasteiger partial charge in [0.1, 0.15) is 0 Å². The molecule has 1 amide bonds. The Hall–Kier alpha value is -1.06. The molecule has 1 fully saturated rings. The van der Waals surface area contributed by atoms with E-state index in [0.29, 0.717) is 12.8 Å². The second kappa shape index (κ2) is 5.29. The highest BCUT2D eigenvalue weighted by Gasteiger charge is 2.40. The second-order valence-corrected chi connectivity index (χ2v) is 6.20. The summed E-state index contributed by atoms with van der Waals surface area (Å²) >= 11 is 0. The van der Waals surface area contributed by atoms with E-state index in [-0.39, 0.29) is 17.7 Å². The van der Waals surface area contributed by atoms with Crippen LogP contribution in [0.25, 0.3) is 0 Å². The van der Waals surface area contributed by atoms with E-state index in [1.807, 2.05) is 18.7 Å². The Morgan fingerprint density at radius 2 is 1.83 bits per heavy atom. The Bertz CT molecular complexity index is 332. The van der Waals surface area contributed by atoms with Crippen molar-refractivity contribution in [1.82, 2.24) is 4.90 Å². The van der Waals surface area contributed by atoms with Gasteiger partial charge in [0.15, 0.2) is 0 Å². The fourth-order valence-electron chi connectivity index (χ4n) is 2.60. The normalized spacial score (nSPS) is 19.0. The first-order valence-electron chi connectivity index (χ1n) is 6.77. The SMILES string of the molecule is CCC(CC)(CC(=O)N1CCC(C)(C)C1)C(=O)O. The van der Waals surface area contributed by atoms with Crippen LogP contribution in [0.1, 0.15) is 53.4 Å². The number of carbonyl (C=O) groups excluding carboxylic acids is 1. The summed E-state index contributed by atoms with van der Waals surface area (Å²) in [5.74, 6) is -0.856. The summed E-state index contributed by atoms with van der Waals surface area (Å²) in [4.78, 5) is 25.4. The number of carbonyl (C=O) groups is 2. The van der Waals surface area contributed by atoms with Crippen molar-refractivity contribution in [3.8, 4) is 0 Å². The van der Waals surface area contributed by atoms with Gasteiger partial charge in [0, 0.05) is 19.5 Å². The summed E-state index contributed by atoms with van der Waals surface area (Å²) in [6, 6.07) is 0. The largest absolute Gasteiger partial charge is 0.481 e. The minimum absolute atomic E-state index is 0.00771.